The topological polar surface area (TPSA) is 135 Å². The predicted octanol–water partition coefficient (Wildman–Crippen LogP) is -1.19. The van der Waals surface area contributed by atoms with E-state index in [1.54, 1.807) is 23.1 Å². The number of carbonyl (C=O) groups is 1. The Hall–Kier alpha value is -1.52. The summed E-state index contributed by atoms with van der Waals surface area (Å²) in [6.07, 6.45) is 0. The first kappa shape index (κ1) is 21.5. The molecule has 0 unspecified atom stereocenters. The molecule has 9 heteroatoms. The van der Waals surface area contributed by atoms with Crippen molar-refractivity contribution in [3.63, 3.8) is 0 Å². The third kappa shape index (κ3) is 9.97. The van der Waals surface area contributed by atoms with Crippen molar-refractivity contribution in [2.24, 2.45) is 0 Å². The van der Waals surface area contributed by atoms with Gasteiger partial charge in [-0.25, -0.2) is 8.42 Å². The molecule has 0 aliphatic rings. The van der Waals surface area contributed by atoms with Crippen LogP contribution in [0.5, 0.6) is 0 Å². The Morgan fingerprint density at radius 2 is 1.35 bits per heavy atom. The molecule has 0 aliphatic carbocycles. The number of carboxylic acid groups (broad SMARTS) is 1. The Morgan fingerprint density at radius 3 is 1.70 bits per heavy atom. The molecule has 4 N–H and O–H groups in total. The molecule has 132 valence electrons. The lowest BCUT2D eigenvalue weighted by atomic mass is 10.4. The summed E-state index contributed by atoms with van der Waals surface area (Å²) in [5.74, 6) is -2.21. The molecular weight excluding hydrogens is 326 g/mol. The van der Waals surface area contributed by atoms with E-state index in [-0.39, 0.29) is 24.7 Å². The molecule has 0 atom stereocenters. The van der Waals surface area contributed by atoms with Crippen molar-refractivity contribution in [3.8, 4) is 0 Å². The molecule has 1 aromatic rings. The van der Waals surface area contributed by atoms with Crippen LogP contribution in [0.1, 0.15) is 0 Å². The van der Waals surface area contributed by atoms with Gasteiger partial charge in [-0.3, -0.25) is 9.69 Å². The van der Waals surface area contributed by atoms with Crippen LogP contribution >= 0.6 is 0 Å². The molecule has 0 bridgehead atoms. The minimum absolute atomic E-state index is 0.0393. The van der Waals surface area contributed by atoms with Crippen LogP contribution in [-0.4, -0.2) is 84.9 Å². The highest BCUT2D eigenvalue weighted by Gasteiger charge is 2.17. The van der Waals surface area contributed by atoms with Crippen LogP contribution in [0.2, 0.25) is 0 Å². The minimum Gasteiger partial charge on any atom is -0.480 e. The zero-order valence-electron chi connectivity index (χ0n) is 12.7. The summed E-state index contributed by atoms with van der Waals surface area (Å²) in [5.41, 5.74) is 0. The van der Waals surface area contributed by atoms with E-state index in [1.165, 1.54) is 12.1 Å². The highest BCUT2D eigenvalue weighted by Crippen LogP contribution is 2.09. The van der Waals surface area contributed by atoms with E-state index in [0.29, 0.717) is 19.6 Å². The van der Waals surface area contributed by atoms with Gasteiger partial charge in [0.2, 0.25) is 0 Å². The molecule has 0 saturated heterocycles. The zero-order valence-corrected chi connectivity index (χ0v) is 13.5. The van der Waals surface area contributed by atoms with E-state index in [9.17, 15) is 13.2 Å². The number of hydrogen-bond donors (Lipinski definition) is 4. The second kappa shape index (κ2) is 12.0. The van der Waals surface area contributed by atoms with Crippen molar-refractivity contribution in [1.82, 2.24) is 4.90 Å². The summed E-state index contributed by atoms with van der Waals surface area (Å²) in [4.78, 5) is 12.0. The van der Waals surface area contributed by atoms with Gasteiger partial charge in [-0.05, 0) is 12.1 Å². The van der Waals surface area contributed by atoms with Gasteiger partial charge < -0.3 is 20.4 Å². The number of nitrogens with zero attached hydrogens (tertiary/aromatic N) is 1. The van der Waals surface area contributed by atoms with Gasteiger partial charge in [-0.15, -0.1) is 0 Å². The van der Waals surface area contributed by atoms with Crippen LogP contribution in [0, 0.1) is 0 Å². The van der Waals surface area contributed by atoms with E-state index < -0.39 is 21.6 Å². The molecule has 23 heavy (non-hydrogen) atoms. The summed E-state index contributed by atoms with van der Waals surface area (Å²) < 4.78 is 22.5. The quantitative estimate of drug-likeness (QED) is 0.437. The number of aliphatic hydroxyl groups excluding tert-OH is 3. The number of carboxylic acids is 1. The second-order valence-corrected chi connectivity index (χ2v) is 6.47. The lowest BCUT2D eigenvalue weighted by Crippen LogP contribution is -2.32. The Labute approximate surface area is 135 Å². The molecule has 0 heterocycles. The molecule has 0 aliphatic heterocycles. The smallest absolute Gasteiger partial charge is 0.319 e. The number of aliphatic hydroxyl groups is 3. The fourth-order valence-electron chi connectivity index (χ4n) is 1.63. The van der Waals surface area contributed by atoms with Crippen LogP contribution in [0.4, 0.5) is 0 Å². The fourth-order valence-corrected chi connectivity index (χ4v) is 2.70. The lowest BCUT2D eigenvalue weighted by molar-refractivity contribution is -0.134. The number of aliphatic carboxylic acids is 1. The van der Waals surface area contributed by atoms with Crippen molar-refractivity contribution in [3.05, 3.63) is 30.3 Å². The third-order valence-corrected chi connectivity index (χ3v) is 4.28. The Balaban J connectivity index is 0.000000438. The number of rotatable bonds is 9. The summed E-state index contributed by atoms with van der Waals surface area (Å²) >= 11 is 0. The predicted molar refractivity (Wildman–Crippen MR) is 83.8 cm³/mol. The van der Waals surface area contributed by atoms with Gasteiger partial charge in [0.15, 0.2) is 15.6 Å². The maximum Gasteiger partial charge on any atom is 0.319 e. The molecule has 0 spiro atoms. The van der Waals surface area contributed by atoms with E-state index >= 15 is 0 Å². The van der Waals surface area contributed by atoms with Gasteiger partial charge >= 0.3 is 5.97 Å². The van der Waals surface area contributed by atoms with Crippen LogP contribution < -0.4 is 0 Å². The summed E-state index contributed by atoms with van der Waals surface area (Å²) in [6.45, 7) is 1.75. The maximum absolute atomic E-state index is 11.3. The van der Waals surface area contributed by atoms with Gasteiger partial charge in [0, 0.05) is 19.6 Å². The monoisotopic (exact) mass is 349 g/mol. The van der Waals surface area contributed by atoms with Gasteiger partial charge in [0.25, 0.3) is 0 Å². The zero-order chi connectivity index (χ0) is 17.7. The number of hydrogen-bond acceptors (Lipinski definition) is 7. The average molecular weight is 349 g/mol. The first-order chi connectivity index (χ1) is 10.9. The van der Waals surface area contributed by atoms with Gasteiger partial charge in [-0.2, -0.15) is 0 Å². The van der Waals surface area contributed by atoms with E-state index in [2.05, 4.69) is 0 Å². The van der Waals surface area contributed by atoms with Gasteiger partial charge in [-0.1, -0.05) is 18.2 Å². The summed E-state index contributed by atoms with van der Waals surface area (Å²) in [7, 11) is -3.66. The summed E-state index contributed by atoms with van der Waals surface area (Å²) in [5, 5.41) is 33.8. The highest BCUT2D eigenvalue weighted by molar-refractivity contribution is 7.92. The van der Waals surface area contributed by atoms with Crippen molar-refractivity contribution in [2.45, 2.75) is 4.90 Å². The first-order valence-electron chi connectivity index (χ1n) is 6.92. The lowest BCUT2D eigenvalue weighted by Gasteiger charge is -2.17. The number of benzene rings is 1. The second-order valence-electron chi connectivity index (χ2n) is 4.48. The SMILES string of the molecule is O=C(O)CS(=O)(=O)c1ccccc1.OCCN(CCO)CCO. The highest BCUT2D eigenvalue weighted by atomic mass is 32.2. The molecule has 0 radical (unpaired) electrons. The average Bonchev–Trinajstić information content (AvgIpc) is 2.48. The Kier molecular flexibility index (Phi) is 11.2. The third-order valence-electron chi connectivity index (χ3n) is 2.66. The largest absolute Gasteiger partial charge is 0.480 e. The normalized spacial score (nSPS) is 11.0. The molecule has 0 aromatic heterocycles. The maximum atomic E-state index is 11.3. The van der Waals surface area contributed by atoms with E-state index in [1.807, 2.05) is 0 Å². The van der Waals surface area contributed by atoms with Crippen molar-refractivity contribution >= 4 is 15.8 Å². The molecule has 0 fully saturated rings. The summed E-state index contributed by atoms with van der Waals surface area (Å²) in [6, 6.07) is 7.51. The van der Waals surface area contributed by atoms with E-state index in [4.69, 9.17) is 20.4 Å². The molecule has 8 nitrogen and oxygen atoms in total. The van der Waals surface area contributed by atoms with Gasteiger partial charge in [0.05, 0.1) is 24.7 Å². The first-order valence-corrected chi connectivity index (χ1v) is 8.57. The molecular formula is C14H23NO7S. The Bertz CT molecular complexity index is 519. The van der Waals surface area contributed by atoms with E-state index in [0.717, 1.165) is 0 Å². The van der Waals surface area contributed by atoms with Crippen molar-refractivity contribution in [2.75, 3.05) is 45.2 Å². The Morgan fingerprint density at radius 1 is 0.913 bits per heavy atom. The molecule has 0 amide bonds. The van der Waals surface area contributed by atoms with Crippen LogP contribution in [-0.2, 0) is 14.6 Å². The van der Waals surface area contributed by atoms with Crippen molar-refractivity contribution < 1.29 is 33.6 Å². The minimum atomic E-state index is -3.66. The molecule has 1 rings (SSSR count). The molecule has 1 aromatic carbocycles. The fraction of sp³-hybridized carbons (Fsp3) is 0.500. The van der Waals surface area contributed by atoms with Crippen LogP contribution in [0.25, 0.3) is 0 Å². The standard InChI is InChI=1S/C8H8O4S.C6H15NO3/c9-8(10)6-13(11,12)7-4-2-1-3-5-7;8-4-1-7(2-5-9)3-6-10/h1-5H,6H2,(H,9,10);8-10H,1-6H2. The van der Waals surface area contributed by atoms with Crippen LogP contribution in [0.15, 0.2) is 35.2 Å². The number of sulfone groups is 1. The van der Waals surface area contributed by atoms with Crippen molar-refractivity contribution in [1.29, 1.82) is 0 Å². The molecule has 0 saturated carbocycles. The van der Waals surface area contributed by atoms with Gasteiger partial charge in [0.1, 0.15) is 0 Å². The van der Waals surface area contributed by atoms with Crippen LogP contribution in [0.3, 0.4) is 0 Å².